The second-order valence-electron chi connectivity index (χ2n) is 6.73. The molecule has 2 aromatic rings. The predicted octanol–water partition coefficient (Wildman–Crippen LogP) is 1.05. The van der Waals surface area contributed by atoms with Crippen molar-refractivity contribution in [2.45, 2.75) is 31.4 Å². The summed E-state index contributed by atoms with van der Waals surface area (Å²) in [4.78, 5) is 17.5. The van der Waals surface area contributed by atoms with Crippen molar-refractivity contribution in [3.8, 4) is 0 Å². The lowest BCUT2D eigenvalue weighted by Crippen LogP contribution is -2.42. The Morgan fingerprint density at radius 3 is 2.96 bits per heavy atom. The van der Waals surface area contributed by atoms with Crippen LogP contribution in [0.2, 0.25) is 0 Å². The first kappa shape index (κ1) is 15.5. The van der Waals surface area contributed by atoms with Crippen LogP contribution in [0.1, 0.15) is 29.6 Å². The SMILES string of the molecule is CO[C@H]1C[C@@H](CN2CCCC2)N(C(=O)c2ccc3nncn3c2)C1. The van der Waals surface area contributed by atoms with E-state index in [0.29, 0.717) is 12.1 Å². The summed E-state index contributed by atoms with van der Waals surface area (Å²) in [6.45, 7) is 3.89. The number of amides is 1. The van der Waals surface area contributed by atoms with Crippen molar-refractivity contribution in [3.05, 3.63) is 30.2 Å². The van der Waals surface area contributed by atoms with E-state index in [1.165, 1.54) is 12.8 Å². The third-order valence-corrected chi connectivity index (χ3v) is 5.18. The maximum Gasteiger partial charge on any atom is 0.255 e. The van der Waals surface area contributed by atoms with Gasteiger partial charge in [0.1, 0.15) is 6.33 Å². The number of carbonyl (C=O) groups is 1. The van der Waals surface area contributed by atoms with E-state index in [1.54, 1.807) is 17.8 Å². The van der Waals surface area contributed by atoms with Gasteiger partial charge >= 0.3 is 0 Å². The highest BCUT2D eigenvalue weighted by Gasteiger charge is 2.37. The fourth-order valence-corrected chi connectivity index (χ4v) is 3.85. The summed E-state index contributed by atoms with van der Waals surface area (Å²) in [7, 11) is 1.73. The molecule has 4 rings (SSSR count). The van der Waals surface area contributed by atoms with Crippen molar-refractivity contribution in [1.29, 1.82) is 0 Å². The molecule has 7 nitrogen and oxygen atoms in total. The summed E-state index contributed by atoms with van der Waals surface area (Å²) in [6.07, 6.45) is 6.99. The van der Waals surface area contributed by atoms with Gasteiger partial charge in [0.2, 0.25) is 0 Å². The van der Waals surface area contributed by atoms with E-state index in [4.69, 9.17) is 4.74 Å². The second-order valence-corrected chi connectivity index (χ2v) is 6.73. The molecule has 2 saturated heterocycles. The van der Waals surface area contributed by atoms with E-state index in [2.05, 4.69) is 15.1 Å². The third-order valence-electron chi connectivity index (χ3n) is 5.18. The molecule has 0 unspecified atom stereocenters. The molecule has 0 bridgehead atoms. The average Bonchev–Trinajstić information content (AvgIpc) is 3.34. The zero-order chi connectivity index (χ0) is 16.5. The molecule has 0 saturated carbocycles. The van der Waals surface area contributed by atoms with Gasteiger partial charge in [0.15, 0.2) is 5.65 Å². The number of rotatable bonds is 4. The Hall–Kier alpha value is -1.99. The highest BCUT2D eigenvalue weighted by Crippen LogP contribution is 2.24. The molecular formula is C17H23N5O2. The molecule has 4 heterocycles. The smallest absolute Gasteiger partial charge is 0.255 e. The number of hydrogen-bond acceptors (Lipinski definition) is 5. The highest BCUT2D eigenvalue weighted by atomic mass is 16.5. The molecule has 2 atom stereocenters. The number of likely N-dealkylation sites (tertiary alicyclic amines) is 2. The predicted molar refractivity (Wildman–Crippen MR) is 88.9 cm³/mol. The fourth-order valence-electron chi connectivity index (χ4n) is 3.85. The zero-order valence-electron chi connectivity index (χ0n) is 14.0. The quantitative estimate of drug-likeness (QED) is 0.839. The normalized spacial score (nSPS) is 25.0. The Bertz CT molecular complexity index is 725. The Morgan fingerprint density at radius 2 is 2.17 bits per heavy atom. The maximum absolute atomic E-state index is 13.1. The van der Waals surface area contributed by atoms with Gasteiger partial charge in [-0.1, -0.05) is 0 Å². The maximum atomic E-state index is 13.1. The summed E-state index contributed by atoms with van der Waals surface area (Å²) < 4.78 is 7.33. The minimum atomic E-state index is 0.0642. The van der Waals surface area contributed by atoms with Gasteiger partial charge in [-0.2, -0.15) is 0 Å². The molecule has 0 aliphatic carbocycles. The third kappa shape index (κ3) is 2.89. The summed E-state index contributed by atoms with van der Waals surface area (Å²) in [5.41, 5.74) is 1.42. The molecule has 0 spiro atoms. The number of aromatic nitrogens is 3. The van der Waals surface area contributed by atoms with Gasteiger partial charge in [0.05, 0.1) is 11.7 Å². The van der Waals surface area contributed by atoms with Crippen molar-refractivity contribution >= 4 is 11.6 Å². The molecule has 1 amide bonds. The van der Waals surface area contributed by atoms with Crippen LogP contribution in [0.4, 0.5) is 0 Å². The van der Waals surface area contributed by atoms with Crippen LogP contribution < -0.4 is 0 Å². The van der Waals surface area contributed by atoms with Crippen molar-refractivity contribution in [2.75, 3.05) is 33.3 Å². The zero-order valence-corrected chi connectivity index (χ0v) is 14.0. The van der Waals surface area contributed by atoms with Gasteiger partial charge in [-0.25, -0.2) is 0 Å². The van der Waals surface area contributed by atoms with Crippen LogP contribution >= 0.6 is 0 Å². The van der Waals surface area contributed by atoms with Crippen LogP contribution in [0.25, 0.3) is 5.65 Å². The standard InChI is InChI=1S/C17H23N5O2/c1-24-15-8-14(10-20-6-2-3-7-20)22(11-15)17(23)13-4-5-16-19-18-12-21(16)9-13/h4-5,9,12,14-15H,2-3,6-8,10-11H2,1H3/t14-,15-/m0/s1. The van der Waals surface area contributed by atoms with Crippen LogP contribution in [-0.2, 0) is 4.74 Å². The number of carbonyl (C=O) groups excluding carboxylic acids is 1. The van der Waals surface area contributed by atoms with Crippen molar-refractivity contribution in [1.82, 2.24) is 24.4 Å². The molecule has 7 heteroatoms. The molecule has 2 aromatic heterocycles. The Balaban J connectivity index is 1.55. The minimum absolute atomic E-state index is 0.0642. The Labute approximate surface area is 141 Å². The molecule has 2 aliphatic rings. The number of fused-ring (bicyclic) bond motifs is 1. The molecule has 128 valence electrons. The lowest BCUT2D eigenvalue weighted by Gasteiger charge is -2.28. The van der Waals surface area contributed by atoms with Crippen molar-refractivity contribution in [3.63, 3.8) is 0 Å². The van der Waals surface area contributed by atoms with Gasteiger partial charge in [-0.3, -0.25) is 9.20 Å². The van der Waals surface area contributed by atoms with E-state index in [1.807, 2.05) is 23.2 Å². The topological polar surface area (TPSA) is 63.0 Å². The molecule has 2 aliphatic heterocycles. The fraction of sp³-hybridized carbons (Fsp3) is 0.588. The van der Waals surface area contributed by atoms with E-state index < -0.39 is 0 Å². The first-order chi connectivity index (χ1) is 11.7. The van der Waals surface area contributed by atoms with E-state index >= 15 is 0 Å². The number of pyridine rings is 1. The highest BCUT2D eigenvalue weighted by molar-refractivity contribution is 5.94. The van der Waals surface area contributed by atoms with Crippen molar-refractivity contribution in [2.24, 2.45) is 0 Å². The summed E-state index contributed by atoms with van der Waals surface area (Å²) in [5.74, 6) is 0.0642. The number of nitrogens with zero attached hydrogens (tertiary/aromatic N) is 5. The van der Waals surface area contributed by atoms with E-state index in [9.17, 15) is 4.79 Å². The summed E-state index contributed by atoms with van der Waals surface area (Å²) in [6, 6.07) is 3.89. The average molecular weight is 329 g/mol. The first-order valence-electron chi connectivity index (χ1n) is 8.60. The van der Waals surface area contributed by atoms with Crippen LogP contribution in [0.3, 0.4) is 0 Å². The van der Waals surface area contributed by atoms with Gasteiger partial charge in [-0.15, -0.1) is 10.2 Å². The van der Waals surface area contributed by atoms with Gasteiger partial charge in [-0.05, 0) is 44.5 Å². The largest absolute Gasteiger partial charge is 0.380 e. The summed E-state index contributed by atoms with van der Waals surface area (Å²) in [5, 5.41) is 7.86. The monoisotopic (exact) mass is 329 g/mol. The van der Waals surface area contributed by atoms with Crippen LogP contribution in [0, 0.1) is 0 Å². The molecule has 0 aromatic carbocycles. The Morgan fingerprint density at radius 1 is 1.33 bits per heavy atom. The summed E-state index contributed by atoms with van der Waals surface area (Å²) >= 11 is 0. The molecule has 24 heavy (non-hydrogen) atoms. The number of ether oxygens (including phenoxy) is 1. The van der Waals surface area contributed by atoms with Gasteiger partial charge < -0.3 is 14.5 Å². The Kier molecular flexibility index (Phi) is 4.20. The van der Waals surface area contributed by atoms with E-state index in [0.717, 1.165) is 31.7 Å². The number of hydrogen-bond donors (Lipinski definition) is 0. The van der Waals surface area contributed by atoms with Gasteiger partial charge in [0, 0.05) is 32.4 Å². The van der Waals surface area contributed by atoms with Crippen LogP contribution in [0.5, 0.6) is 0 Å². The van der Waals surface area contributed by atoms with Crippen LogP contribution in [0.15, 0.2) is 24.7 Å². The van der Waals surface area contributed by atoms with Gasteiger partial charge in [0.25, 0.3) is 5.91 Å². The molecule has 2 fully saturated rings. The lowest BCUT2D eigenvalue weighted by atomic mass is 10.1. The molecule has 0 radical (unpaired) electrons. The van der Waals surface area contributed by atoms with E-state index in [-0.39, 0.29) is 18.1 Å². The lowest BCUT2D eigenvalue weighted by molar-refractivity contribution is 0.0669. The number of methoxy groups -OCH3 is 1. The molecule has 0 N–H and O–H groups in total. The second kappa shape index (κ2) is 6.49. The molecular weight excluding hydrogens is 306 g/mol. The minimum Gasteiger partial charge on any atom is -0.380 e. The van der Waals surface area contributed by atoms with Crippen LogP contribution in [-0.4, -0.2) is 75.7 Å². The first-order valence-corrected chi connectivity index (χ1v) is 8.60. The van der Waals surface area contributed by atoms with Crippen molar-refractivity contribution < 1.29 is 9.53 Å².